The molecule has 0 aliphatic carbocycles. The Bertz CT molecular complexity index is 1170. The predicted molar refractivity (Wildman–Crippen MR) is 107 cm³/mol. The molecule has 1 aliphatic rings. The molecule has 1 unspecified atom stereocenters. The van der Waals surface area contributed by atoms with Gasteiger partial charge in [0.15, 0.2) is 11.0 Å². The first-order valence-electron chi connectivity index (χ1n) is 9.50. The molecule has 0 radical (unpaired) electrons. The minimum Gasteiger partial charge on any atom is -0.454 e. The molecule has 4 rings (SSSR count). The van der Waals surface area contributed by atoms with Crippen molar-refractivity contribution in [1.29, 1.82) is 0 Å². The molecule has 1 amide bonds. The molecule has 0 bridgehead atoms. The number of hydrogen-bond acceptors (Lipinski definition) is 4. The topological polar surface area (TPSA) is 62.6 Å². The molecule has 2 heterocycles. The molecule has 0 saturated carbocycles. The van der Waals surface area contributed by atoms with Crippen molar-refractivity contribution in [3.8, 4) is 11.3 Å². The molecule has 8 heteroatoms. The SMILES string of the molecule is CN1CCCC1C(=O)Nc1cccc2c(=O)cc(-c3ccccc3C(F)(F)F)oc12. The number of carbonyl (C=O) groups is 1. The van der Waals surface area contributed by atoms with Crippen LogP contribution in [0.1, 0.15) is 18.4 Å². The fraction of sp³-hybridized carbons (Fsp3) is 0.273. The first-order chi connectivity index (χ1) is 14.3. The van der Waals surface area contributed by atoms with Crippen LogP contribution in [0.2, 0.25) is 0 Å². The van der Waals surface area contributed by atoms with E-state index in [0.29, 0.717) is 6.42 Å². The van der Waals surface area contributed by atoms with Gasteiger partial charge in [-0.15, -0.1) is 0 Å². The van der Waals surface area contributed by atoms with Crippen LogP contribution in [0.5, 0.6) is 0 Å². The zero-order chi connectivity index (χ0) is 21.5. The van der Waals surface area contributed by atoms with Gasteiger partial charge in [0, 0.05) is 11.6 Å². The fourth-order valence-electron chi connectivity index (χ4n) is 3.81. The molecule has 1 saturated heterocycles. The summed E-state index contributed by atoms with van der Waals surface area (Å²) < 4.78 is 46.0. The van der Waals surface area contributed by atoms with Crippen molar-refractivity contribution in [1.82, 2.24) is 4.90 Å². The van der Waals surface area contributed by atoms with Gasteiger partial charge in [0.2, 0.25) is 5.91 Å². The van der Waals surface area contributed by atoms with Gasteiger partial charge in [-0.2, -0.15) is 13.2 Å². The van der Waals surface area contributed by atoms with E-state index < -0.39 is 17.2 Å². The van der Waals surface area contributed by atoms with Crippen molar-refractivity contribution < 1.29 is 22.4 Å². The molecular weight excluding hydrogens is 397 g/mol. The van der Waals surface area contributed by atoms with Gasteiger partial charge < -0.3 is 9.73 Å². The number of halogens is 3. The molecule has 156 valence electrons. The number of para-hydroxylation sites is 1. The van der Waals surface area contributed by atoms with Gasteiger partial charge in [0.1, 0.15) is 5.76 Å². The molecule has 2 aromatic carbocycles. The lowest BCUT2D eigenvalue weighted by Crippen LogP contribution is -2.37. The lowest BCUT2D eigenvalue weighted by Gasteiger charge is -2.19. The van der Waals surface area contributed by atoms with Crippen LogP contribution in [-0.2, 0) is 11.0 Å². The summed E-state index contributed by atoms with van der Waals surface area (Å²) >= 11 is 0. The van der Waals surface area contributed by atoms with Crippen molar-refractivity contribution in [3.05, 3.63) is 64.3 Å². The molecule has 1 aliphatic heterocycles. The standard InChI is InChI=1S/C22H19F3N2O3/c1-27-11-5-10-17(27)21(29)26-16-9-4-7-14-18(28)12-19(30-20(14)16)13-6-2-3-8-15(13)22(23,24)25/h2-4,6-9,12,17H,5,10-11H2,1H3,(H,26,29). The average Bonchev–Trinajstić information content (AvgIpc) is 3.14. The number of amides is 1. The Kier molecular flexibility index (Phi) is 5.11. The van der Waals surface area contributed by atoms with E-state index in [4.69, 9.17) is 4.42 Å². The van der Waals surface area contributed by atoms with Gasteiger partial charge in [-0.05, 0) is 44.6 Å². The molecule has 1 aromatic heterocycles. The Labute approximate surface area is 170 Å². The Balaban J connectivity index is 1.82. The third-order valence-electron chi connectivity index (χ3n) is 5.33. The molecule has 5 nitrogen and oxygen atoms in total. The predicted octanol–water partition coefficient (Wildman–Crippen LogP) is 4.51. The molecule has 0 spiro atoms. The molecule has 1 N–H and O–H groups in total. The molecule has 3 aromatic rings. The number of benzene rings is 2. The summed E-state index contributed by atoms with van der Waals surface area (Å²) in [6.07, 6.45) is -3.00. The van der Waals surface area contributed by atoms with Crippen LogP contribution in [0.4, 0.5) is 18.9 Å². The van der Waals surface area contributed by atoms with Crippen molar-refractivity contribution >= 4 is 22.6 Å². The number of fused-ring (bicyclic) bond motifs is 1. The maximum Gasteiger partial charge on any atom is 0.417 e. The van der Waals surface area contributed by atoms with Crippen LogP contribution in [0.25, 0.3) is 22.3 Å². The second-order valence-corrected chi connectivity index (χ2v) is 7.33. The summed E-state index contributed by atoms with van der Waals surface area (Å²) in [4.78, 5) is 27.2. The van der Waals surface area contributed by atoms with Crippen LogP contribution in [0, 0.1) is 0 Å². The summed E-state index contributed by atoms with van der Waals surface area (Å²) in [5, 5.41) is 2.95. The largest absolute Gasteiger partial charge is 0.454 e. The van der Waals surface area contributed by atoms with Crippen LogP contribution in [-0.4, -0.2) is 30.4 Å². The normalized spacial score (nSPS) is 17.4. The number of nitrogens with one attached hydrogen (secondary N) is 1. The van der Waals surface area contributed by atoms with E-state index in [1.165, 1.54) is 24.3 Å². The molecule has 1 atom stereocenters. The zero-order valence-corrected chi connectivity index (χ0v) is 16.1. The van der Waals surface area contributed by atoms with Gasteiger partial charge in [-0.1, -0.05) is 24.3 Å². The molecular formula is C22H19F3N2O3. The van der Waals surface area contributed by atoms with Gasteiger partial charge in [-0.25, -0.2) is 0 Å². The van der Waals surface area contributed by atoms with E-state index >= 15 is 0 Å². The van der Waals surface area contributed by atoms with Gasteiger partial charge in [0.25, 0.3) is 0 Å². The summed E-state index contributed by atoms with van der Waals surface area (Å²) in [6, 6.07) is 10.3. The molecule has 1 fully saturated rings. The van der Waals surface area contributed by atoms with Crippen LogP contribution in [0.15, 0.2) is 57.7 Å². The highest BCUT2D eigenvalue weighted by atomic mass is 19.4. The average molecular weight is 416 g/mol. The van der Waals surface area contributed by atoms with Gasteiger partial charge in [-0.3, -0.25) is 14.5 Å². The van der Waals surface area contributed by atoms with Crippen molar-refractivity contribution in [2.24, 2.45) is 0 Å². The summed E-state index contributed by atoms with van der Waals surface area (Å²) in [6.45, 7) is 0.807. The Hall–Kier alpha value is -3.13. The van der Waals surface area contributed by atoms with Crippen LogP contribution in [0.3, 0.4) is 0 Å². The lowest BCUT2D eigenvalue weighted by molar-refractivity contribution is -0.137. The van der Waals surface area contributed by atoms with E-state index in [1.807, 2.05) is 11.9 Å². The summed E-state index contributed by atoms with van der Waals surface area (Å²) in [5.74, 6) is -0.452. The number of carbonyl (C=O) groups excluding carboxylic acids is 1. The highest BCUT2D eigenvalue weighted by Gasteiger charge is 2.34. The number of rotatable bonds is 3. The third-order valence-corrected chi connectivity index (χ3v) is 5.33. The van der Waals surface area contributed by atoms with E-state index in [9.17, 15) is 22.8 Å². The van der Waals surface area contributed by atoms with E-state index in [1.54, 1.807) is 12.1 Å². The minimum atomic E-state index is -4.61. The van der Waals surface area contributed by atoms with E-state index in [-0.39, 0.29) is 39.9 Å². The maximum atomic E-state index is 13.4. The fourth-order valence-corrected chi connectivity index (χ4v) is 3.81. The zero-order valence-electron chi connectivity index (χ0n) is 16.1. The summed E-state index contributed by atoms with van der Waals surface area (Å²) in [7, 11) is 1.85. The Morgan fingerprint density at radius 1 is 1.17 bits per heavy atom. The first kappa shape index (κ1) is 20.2. The number of anilines is 1. The number of alkyl halides is 3. The number of hydrogen-bond donors (Lipinski definition) is 1. The van der Waals surface area contributed by atoms with E-state index in [2.05, 4.69) is 5.32 Å². The monoisotopic (exact) mass is 416 g/mol. The number of likely N-dealkylation sites (N-methyl/N-ethyl adjacent to an activating group) is 1. The minimum absolute atomic E-state index is 0.0472. The van der Waals surface area contributed by atoms with Crippen molar-refractivity contribution in [2.75, 3.05) is 18.9 Å². The second kappa shape index (κ2) is 7.60. The highest BCUT2D eigenvalue weighted by molar-refractivity contribution is 6.01. The smallest absolute Gasteiger partial charge is 0.417 e. The second-order valence-electron chi connectivity index (χ2n) is 7.33. The Morgan fingerprint density at radius 2 is 1.93 bits per heavy atom. The van der Waals surface area contributed by atoms with Gasteiger partial charge >= 0.3 is 6.18 Å². The molecule has 30 heavy (non-hydrogen) atoms. The van der Waals surface area contributed by atoms with E-state index in [0.717, 1.165) is 25.1 Å². The third kappa shape index (κ3) is 3.70. The van der Waals surface area contributed by atoms with Crippen molar-refractivity contribution in [3.63, 3.8) is 0 Å². The quantitative estimate of drug-likeness (QED) is 0.682. The van der Waals surface area contributed by atoms with Crippen LogP contribution < -0.4 is 10.7 Å². The lowest BCUT2D eigenvalue weighted by atomic mass is 10.0. The van der Waals surface area contributed by atoms with Crippen molar-refractivity contribution in [2.45, 2.75) is 25.1 Å². The van der Waals surface area contributed by atoms with Gasteiger partial charge in [0.05, 0.1) is 22.7 Å². The maximum absolute atomic E-state index is 13.4. The summed E-state index contributed by atoms with van der Waals surface area (Å²) in [5.41, 5.74) is -1.33. The first-order valence-corrected chi connectivity index (χ1v) is 9.50. The highest BCUT2D eigenvalue weighted by Crippen LogP contribution is 2.37. The van der Waals surface area contributed by atoms with Crippen LogP contribution >= 0.6 is 0 Å². The Morgan fingerprint density at radius 3 is 2.63 bits per heavy atom. The number of nitrogens with zero attached hydrogens (tertiary/aromatic N) is 1. The number of likely N-dealkylation sites (tertiary alicyclic amines) is 1.